The second-order valence-electron chi connectivity index (χ2n) is 6.73. The van der Waals surface area contributed by atoms with Crippen molar-refractivity contribution in [2.24, 2.45) is 0 Å². The second-order valence-corrected chi connectivity index (χ2v) is 7.14. The van der Waals surface area contributed by atoms with Crippen LogP contribution in [-0.4, -0.2) is 23.4 Å². The fourth-order valence-corrected chi connectivity index (χ4v) is 3.47. The lowest BCUT2D eigenvalue weighted by Crippen LogP contribution is -2.31. The van der Waals surface area contributed by atoms with Crippen LogP contribution >= 0.6 is 11.6 Å². The van der Waals surface area contributed by atoms with Crippen molar-refractivity contribution in [2.75, 3.05) is 0 Å². The number of hydrogen-bond donors (Lipinski definition) is 2. The quantitative estimate of drug-likeness (QED) is 0.567. The summed E-state index contributed by atoms with van der Waals surface area (Å²) in [5, 5.41) is 19.9. The first-order chi connectivity index (χ1) is 12.4. The first-order valence-electron chi connectivity index (χ1n) is 9.34. The average Bonchev–Trinajstić information content (AvgIpc) is 2.61. The zero-order valence-electron chi connectivity index (χ0n) is 15.7. The van der Waals surface area contributed by atoms with Gasteiger partial charge in [-0.15, -0.1) is 0 Å². The standard InChI is InChI=1S/C21H28BClO3/c1-4-6-16(13-17-8-9-18(24)14-20(17)23)7-10-21-19(15(3)5-2)11-12-22(25)26-21/h8-9,11,13-14,21,24-25H,3-7,10,12H2,1-2H3/b16-13+. The van der Waals surface area contributed by atoms with Gasteiger partial charge in [0.15, 0.2) is 0 Å². The molecule has 1 aliphatic heterocycles. The van der Waals surface area contributed by atoms with Crippen molar-refractivity contribution in [3.05, 3.63) is 58.2 Å². The molecule has 1 aliphatic rings. The van der Waals surface area contributed by atoms with Gasteiger partial charge in [0, 0.05) is 6.32 Å². The summed E-state index contributed by atoms with van der Waals surface area (Å²) in [6, 6.07) is 5.04. The van der Waals surface area contributed by atoms with E-state index in [1.165, 1.54) is 5.57 Å². The normalized spacial score (nSPS) is 18.0. The molecule has 140 valence electrons. The van der Waals surface area contributed by atoms with E-state index in [9.17, 15) is 10.1 Å². The fourth-order valence-electron chi connectivity index (χ4n) is 3.24. The van der Waals surface area contributed by atoms with Crippen LogP contribution in [0.3, 0.4) is 0 Å². The van der Waals surface area contributed by atoms with E-state index < -0.39 is 7.12 Å². The first-order valence-corrected chi connectivity index (χ1v) is 9.72. The molecule has 0 saturated carbocycles. The molecule has 0 radical (unpaired) electrons. The molecule has 0 saturated heterocycles. The zero-order chi connectivity index (χ0) is 19.1. The van der Waals surface area contributed by atoms with Gasteiger partial charge in [0.1, 0.15) is 5.75 Å². The van der Waals surface area contributed by atoms with Crippen LogP contribution in [0.1, 0.15) is 51.5 Å². The van der Waals surface area contributed by atoms with Crippen LogP contribution in [0.15, 0.2) is 47.6 Å². The molecular formula is C21H28BClO3. The minimum absolute atomic E-state index is 0.123. The van der Waals surface area contributed by atoms with Gasteiger partial charge in [0.25, 0.3) is 0 Å². The molecule has 0 spiro atoms. The SMILES string of the molecule is C=C(CC)C1=CCB(O)OC1CC/C(=C/c1ccc(O)cc1Cl)CCC. The Bertz CT molecular complexity index is 696. The van der Waals surface area contributed by atoms with Crippen LogP contribution < -0.4 is 0 Å². The van der Waals surface area contributed by atoms with Gasteiger partial charge in [-0.25, -0.2) is 0 Å². The van der Waals surface area contributed by atoms with Crippen molar-refractivity contribution in [1.82, 2.24) is 0 Å². The molecule has 1 atom stereocenters. The lowest BCUT2D eigenvalue weighted by Gasteiger charge is -2.28. The lowest BCUT2D eigenvalue weighted by molar-refractivity contribution is 0.182. The highest BCUT2D eigenvalue weighted by molar-refractivity contribution is 6.43. The number of phenolic OH excluding ortho intramolecular Hbond substituents is 1. The van der Waals surface area contributed by atoms with Gasteiger partial charge in [0.2, 0.25) is 0 Å². The zero-order valence-corrected chi connectivity index (χ0v) is 16.4. The highest BCUT2D eigenvalue weighted by atomic mass is 35.5. The number of allylic oxidation sites excluding steroid dienone is 2. The maximum atomic E-state index is 9.87. The predicted molar refractivity (Wildman–Crippen MR) is 110 cm³/mol. The van der Waals surface area contributed by atoms with Crippen LogP contribution in [-0.2, 0) is 4.65 Å². The number of phenols is 1. The Kier molecular flexibility index (Phi) is 8.01. The molecule has 1 aromatic carbocycles. The van der Waals surface area contributed by atoms with E-state index in [1.807, 2.05) is 6.07 Å². The van der Waals surface area contributed by atoms with Crippen molar-refractivity contribution in [1.29, 1.82) is 0 Å². The topological polar surface area (TPSA) is 49.7 Å². The molecule has 0 bridgehead atoms. The van der Waals surface area contributed by atoms with Crippen LogP contribution in [0, 0.1) is 0 Å². The van der Waals surface area contributed by atoms with Gasteiger partial charge in [-0.3, -0.25) is 0 Å². The molecular weight excluding hydrogens is 346 g/mol. The molecule has 2 rings (SSSR count). The Morgan fingerprint density at radius 3 is 2.81 bits per heavy atom. The summed E-state index contributed by atoms with van der Waals surface area (Å²) in [6.07, 6.45) is 9.10. The smallest absolute Gasteiger partial charge is 0.458 e. The second kappa shape index (κ2) is 10.0. The Morgan fingerprint density at radius 1 is 1.38 bits per heavy atom. The summed E-state index contributed by atoms with van der Waals surface area (Å²) >= 11 is 6.24. The van der Waals surface area contributed by atoms with Gasteiger partial charge in [-0.05, 0) is 55.0 Å². The van der Waals surface area contributed by atoms with Crippen molar-refractivity contribution >= 4 is 24.8 Å². The molecule has 26 heavy (non-hydrogen) atoms. The summed E-state index contributed by atoms with van der Waals surface area (Å²) in [5.74, 6) is 0.168. The van der Waals surface area contributed by atoms with E-state index in [4.69, 9.17) is 16.3 Å². The van der Waals surface area contributed by atoms with Crippen LogP contribution in [0.4, 0.5) is 0 Å². The highest BCUT2D eigenvalue weighted by Gasteiger charge is 2.27. The number of aromatic hydroxyl groups is 1. The van der Waals surface area contributed by atoms with Crippen molar-refractivity contribution in [3.63, 3.8) is 0 Å². The average molecular weight is 375 g/mol. The molecule has 0 aromatic heterocycles. The largest absolute Gasteiger partial charge is 0.508 e. The van der Waals surface area contributed by atoms with Crippen LogP contribution in [0.5, 0.6) is 5.75 Å². The van der Waals surface area contributed by atoms with Crippen LogP contribution in [0.2, 0.25) is 11.3 Å². The summed E-state index contributed by atoms with van der Waals surface area (Å²) < 4.78 is 5.78. The molecule has 1 heterocycles. The molecule has 3 nitrogen and oxygen atoms in total. The molecule has 0 fully saturated rings. The van der Waals surface area contributed by atoms with Crippen molar-refractivity contribution < 1.29 is 14.8 Å². The maximum absolute atomic E-state index is 9.87. The molecule has 1 unspecified atom stereocenters. The molecule has 2 N–H and O–H groups in total. The number of rotatable bonds is 8. The van der Waals surface area contributed by atoms with E-state index >= 15 is 0 Å². The number of hydrogen-bond acceptors (Lipinski definition) is 3. The molecule has 0 amide bonds. The summed E-state index contributed by atoms with van der Waals surface area (Å²) in [4.78, 5) is 0. The Labute approximate surface area is 162 Å². The molecule has 1 aromatic rings. The van der Waals surface area contributed by atoms with Crippen LogP contribution in [0.25, 0.3) is 6.08 Å². The van der Waals surface area contributed by atoms with E-state index in [0.717, 1.165) is 48.8 Å². The Hall–Kier alpha value is -1.49. The van der Waals surface area contributed by atoms with Gasteiger partial charge >= 0.3 is 7.12 Å². The number of halogens is 1. The molecule has 0 aliphatic carbocycles. The highest BCUT2D eigenvalue weighted by Crippen LogP contribution is 2.31. The monoisotopic (exact) mass is 374 g/mol. The lowest BCUT2D eigenvalue weighted by atomic mass is 9.77. The summed E-state index contributed by atoms with van der Waals surface area (Å²) in [6.45, 7) is 8.37. The Morgan fingerprint density at radius 2 is 2.15 bits per heavy atom. The third kappa shape index (κ3) is 5.77. The first kappa shape index (κ1) is 20.8. The predicted octanol–water partition coefficient (Wildman–Crippen LogP) is 5.78. The van der Waals surface area contributed by atoms with E-state index in [2.05, 4.69) is 32.6 Å². The maximum Gasteiger partial charge on any atom is 0.458 e. The van der Waals surface area contributed by atoms with Gasteiger partial charge < -0.3 is 14.8 Å². The van der Waals surface area contributed by atoms with Crippen molar-refractivity contribution in [2.45, 2.75) is 58.4 Å². The minimum atomic E-state index is -0.737. The number of benzene rings is 1. The minimum Gasteiger partial charge on any atom is -0.508 e. The van der Waals surface area contributed by atoms with E-state index in [-0.39, 0.29) is 11.9 Å². The van der Waals surface area contributed by atoms with E-state index in [1.54, 1.807) is 12.1 Å². The van der Waals surface area contributed by atoms with Gasteiger partial charge in [-0.2, -0.15) is 0 Å². The Balaban J connectivity index is 2.14. The summed E-state index contributed by atoms with van der Waals surface area (Å²) in [7, 11) is -0.737. The summed E-state index contributed by atoms with van der Waals surface area (Å²) in [5.41, 5.74) is 4.39. The fraction of sp³-hybridized carbons (Fsp3) is 0.429. The van der Waals surface area contributed by atoms with E-state index in [0.29, 0.717) is 11.3 Å². The molecule has 5 heteroatoms. The van der Waals surface area contributed by atoms with Crippen molar-refractivity contribution in [3.8, 4) is 5.75 Å². The third-order valence-corrected chi connectivity index (χ3v) is 5.01. The van der Waals surface area contributed by atoms with Gasteiger partial charge in [-0.1, -0.05) is 61.7 Å². The third-order valence-electron chi connectivity index (χ3n) is 4.69. The van der Waals surface area contributed by atoms with Gasteiger partial charge in [0.05, 0.1) is 11.1 Å².